The summed E-state index contributed by atoms with van der Waals surface area (Å²) < 4.78 is 5.78. The third-order valence-electron chi connectivity index (χ3n) is 12.9. The standard InChI is InChI=1S/C49H84N6O8/c1-14-15-20-33(6)27-37-46(60)53(11)34(7)48(62)63-42(23-19-24-50)44(58)52-38(30-49(8,9)10)47(61)54(12)39(26-32(4)5)41(56)29-36(25-31(2)3)45(59)55(13)40(43(57)51-37)28-35-21-17-16-18-22-35/h31-40,42H,14-23,25-30H2,1-13H3,(H,51,57)(H,52,58)/t33-,34+,36-,37?,38+,39+,40+,42-/m1/s1. The van der Waals surface area contributed by atoms with Gasteiger partial charge in [-0.25, -0.2) is 4.79 Å². The Kier molecular flexibility index (Phi) is 22.8. The lowest BCUT2D eigenvalue weighted by atomic mass is 9.83. The SMILES string of the molecule is CCCC[C@@H](C)CC1NC(=O)[C@H](CC2CCCCC2)N(C)C(=O)[C@H](CC(C)C)CC(=O)[C@H](CC(C)C)N(C)C(=O)[C@H](CC(C)(C)C)NC(=O)[C@@H](CCC#N)OC(=O)[C@H](C)N(C)C1=O. The van der Waals surface area contributed by atoms with Gasteiger partial charge in [0.15, 0.2) is 11.9 Å². The topological polar surface area (TPSA) is 186 Å². The fourth-order valence-corrected chi connectivity index (χ4v) is 9.10. The van der Waals surface area contributed by atoms with Crippen LogP contribution >= 0.6 is 0 Å². The fourth-order valence-electron chi connectivity index (χ4n) is 9.10. The van der Waals surface area contributed by atoms with Gasteiger partial charge in [0, 0.05) is 46.3 Å². The van der Waals surface area contributed by atoms with Gasteiger partial charge in [0.25, 0.3) is 5.91 Å². The molecule has 2 N–H and O–H groups in total. The summed E-state index contributed by atoms with van der Waals surface area (Å²) in [6, 6.07) is -3.23. The number of unbranched alkanes of at least 4 members (excludes halogenated alkanes) is 1. The summed E-state index contributed by atoms with van der Waals surface area (Å²) in [4.78, 5) is 105. The Morgan fingerprint density at radius 1 is 0.762 bits per heavy atom. The second kappa shape index (κ2) is 26.1. The number of amides is 5. The molecule has 1 saturated heterocycles. The molecule has 1 aliphatic heterocycles. The minimum Gasteiger partial charge on any atom is -0.451 e. The molecule has 14 nitrogen and oxygen atoms in total. The highest BCUT2D eigenvalue weighted by Crippen LogP contribution is 2.31. The van der Waals surface area contributed by atoms with Crippen LogP contribution in [0.25, 0.3) is 0 Å². The molecule has 8 atom stereocenters. The number of esters is 1. The van der Waals surface area contributed by atoms with Crippen molar-refractivity contribution in [1.29, 1.82) is 5.26 Å². The normalized spacial score (nSPS) is 26.9. The van der Waals surface area contributed by atoms with Crippen molar-refractivity contribution in [2.75, 3.05) is 21.1 Å². The number of carbonyl (C=O) groups excluding carboxylic acids is 7. The molecule has 1 unspecified atom stereocenters. The highest BCUT2D eigenvalue weighted by molar-refractivity contribution is 5.97. The number of hydrogen-bond acceptors (Lipinski definition) is 9. The Morgan fingerprint density at radius 2 is 1.33 bits per heavy atom. The van der Waals surface area contributed by atoms with Crippen LogP contribution in [0.3, 0.4) is 0 Å². The molecular formula is C49H84N6O8. The molecule has 1 saturated carbocycles. The number of Topliss-reactive ketones (excluding diaryl/α,β-unsaturated/α-hetero) is 1. The van der Waals surface area contributed by atoms with E-state index in [0.717, 1.165) is 51.4 Å². The predicted octanol–water partition coefficient (Wildman–Crippen LogP) is 6.98. The molecule has 2 aliphatic rings. The van der Waals surface area contributed by atoms with E-state index < -0.39 is 77.2 Å². The van der Waals surface area contributed by atoms with E-state index in [1.54, 1.807) is 14.1 Å². The largest absolute Gasteiger partial charge is 0.451 e. The molecule has 0 aromatic heterocycles. The molecule has 1 aliphatic carbocycles. The second-order valence-corrected chi connectivity index (χ2v) is 20.9. The molecule has 5 amide bonds. The van der Waals surface area contributed by atoms with Crippen molar-refractivity contribution in [3.05, 3.63) is 0 Å². The maximum absolute atomic E-state index is 14.9. The lowest BCUT2D eigenvalue weighted by Crippen LogP contribution is -2.57. The van der Waals surface area contributed by atoms with Gasteiger partial charge in [0.1, 0.15) is 24.2 Å². The van der Waals surface area contributed by atoms with Crippen LogP contribution < -0.4 is 10.6 Å². The van der Waals surface area contributed by atoms with Crippen LogP contribution in [0.15, 0.2) is 0 Å². The van der Waals surface area contributed by atoms with E-state index in [9.17, 15) is 38.8 Å². The van der Waals surface area contributed by atoms with Crippen LogP contribution in [0.4, 0.5) is 0 Å². The molecule has 1 heterocycles. The Morgan fingerprint density at radius 3 is 1.89 bits per heavy atom. The highest BCUT2D eigenvalue weighted by Gasteiger charge is 2.41. The molecule has 0 radical (unpaired) electrons. The van der Waals surface area contributed by atoms with Gasteiger partial charge < -0.3 is 30.1 Å². The minimum absolute atomic E-state index is 0.0138. The first-order valence-corrected chi connectivity index (χ1v) is 23.9. The maximum Gasteiger partial charge on any atom is 0.329 e. The number of likely N-dealkylation sites (N-methyl/N-ethyl adjacent to an activating group) is 3. The van der Waals surface area contributed by atoms with E-state index in [1.807, 2.05) is 61.5 Å². The molecule has 63 heavy (non-hydrogen) atoms. The first-order valence-electron chi connectivity index (χ1n) is 23.9. The van der Waals surface area contributed by atoms with Crippen molar-refractivity contribution >= 4 is 41.3 Å². The zero-order valence-electron chi connectivity index (χ0n) is 41.2. The van der Waals surface area contributed by atoms with Crippen LogP contribution in [0, 0.1) is 46.3 Å². The van der Waals surface area contributed by atoms with Crippen LogP contribution in [-0.4, -0.2) is 113 Å². The van der Waals surface area contributed by atoms with Gasteiger partial charge in [-0.2, -0.15) is 5.26 Å². The smallest absolute Gasteiger partial charge is 0.329 e. The van der Waals surface area contributed by atoms with Crippen molar-refractivity contribution in [1.82, 2.24) is 25.3 Å². The summed E-state index contributed by atoms with van der Waals surface area (Å²) in [7, 11) is 4.62. The average Bonchev–Trinajstić information content (AvgIpc) is 3.21. The van der Waals surface area contributed by atoms with E-state index in [-0.39, 0.29) is 67.5 Å². The predicted molar refractivity (Wildman–Crippen MR) is 245 cm³/mol. The third kappa shape index (κ3) is 17.8. The highest BCUT2D eigenvalue weighted by atomic mass is 16.5. The lowest BCUT2D eigenvalue weighted by Gasteiger charge is -2.36. The minimum atomic E-state index is -1.46. The Hall–Kier alpha value is -4.02. The molecule has 0 aromatic carbocycles. The van der Waals surface area contributed by atoms with Gasteiger partial charge in [-0.05, 0) is 68.1 Å². The number of rotatable bonds is 14. The van der Waals surface area contributed by atoms with Gasteiger partial charge in [-0.1, -0.05) is 114 Å². The lowest BCUT2D eigenvalue weighted by molar-refractivity contribution is -0.163. The zero-order valence-corrected chi connectivity index (χ0v) is 41.2. The monoisotopic (exact) mass is 885 g/mol. The first-order chi connectivity index (χ1) is 29.4. The van der Waals surface area contributed by atoms with Crippen molar-refractivity contribution in [2.24, 2.45) is 35.0 Å². The average molecular weight is 885 g/mol. The Balaban J connectivity index is 2.87. The molecule has 0 aromatic rings. The maximum atomic E-state index is 14.9. The number of cyclic esters (lactones) is 1. The summed E-state index contributed by atoms with van der Waals surface area (Å²) in [5, 5.41) is 15.3. The zero-order chi connectivity index (χ0) is 47.8. The summed E-state index contributed by atoms with van der Waals surface area (Å²) in [5.41, 5.74) is -0.474. The quantitative estimate of drug-likeness (QED) is 0.174. The van der Waals surface area contributed by atoms with Crippen molar-refractivity contribution in [2.45, 2.75) is 208 Å². The van der Waals surface area contributed by atoms with E-state index in [0.29, 0.717) is 19.3 Å². The van der Waals surface area contributed by atoms with E-state index >= 15 is 0 Å². The fraction of sp³-hybridized carbons (Fsp3) is 0.837. The first kappa shape index (κ1) is 55.1. The van der Waals surface area contributed by atoms with Crippen LogP contribution in [0.5, 0.6) is 0 Å². The second-order valence-electron chi connectivity index (χ2n) is 20.9. The molecule has 0 bridgehead atoms. The van der Waals surface area contributed by atoms with E-state index in [1.165, 1.54) is 28.7 Å². The number of nitriles is 1. The summed E-state index contributed by atoms with van der Waals surface area (Å²) in [6.07, 6.45) is 7.31. The summed E-state index contributed by atoms with van der Waals surface area (Å²) in [6.45, 7) is 19.2. The van der Waals surface area contributed by atoms with Crippen LogP contribution in [0.2, 0.25) is 0 Å². The van der Waals surface area contributed by atoms with Crippen molar-refractivity contribution in [3.63, 3.8) is 0 Å². The number of ketones is 1. The van der Waals surface area contributed by atoms with Crippen LogP contribution in [-0.2, 0) is 38.3 Å². The van der Waals surface area contributed by atoms with Gasteiger partial charge in [-0.15, -0.1) is 0 Å². The number of carbonyl (C=O) groups is 7. The number of ether oxygens (including phenoxy) is 1. The van der Waals surface area contributed by atoms with Gasteiger partial charge >= 0.3 is 5.97 Å². The van der Waals surface area contributed by atoms with Gasteiger partial charge in [0.2, 0.25) is 23.6 Å². The molecular weight excluding hydrogens is 801 g/mol. The molecule has 0 spiro atoms. The van der Waals surface area contributed by atoms with Gasteiger partial charge in [0.05, 0.1) is 12.1 Å². The molecule has 358 valence electrons. The number of nitrogens with zero attached hydrogens (tertiary/aromatic N) is 4. The Bertz CT molecular complexity index is 1580. The molecule has 2 rings (SSSR count). The van der Waals surface area contributed by atoms with E-state index in [4.69, 9.17) is 4.74 Å². The number of hydrogen-bond donors (Lipinski definition) is 2. The summed E-state index contributed by atoms with van der Waals surface area (Å²) in [5.74, 6) is -4.39. The Labute approximate surface area is 379 Å². The molecule has 2 fully saturated rings. The molecule has 14 heteroatoms. The van der Waals surface area contributed by atoms with Crippen molar-refractivity contribution in [3.8, 4) is 6.07 Å². The van der Waals surface area contributed by atoms with E-state index in [2.05, 4.69) is 17.6 Å². The van der Waals surface area contributed by atoms with Gasteiger partial charge in [-0.3, -0.25) is 28.8 Å². The van der Waals surface area contributed by atoms with Crippen molar-refractivity contribution < 1.29 is 38.3 Å². The van der Waals surface area contributed by atoms with Crippen LogP contribution in [0.1, 0.15) is 172 Å². The third-order valence-corrected chi connectivity index (χ3v) is 12.9. The summed E-state index contributed by atoms with van der Waals surface area (Å²) >= 11 is 0. The number of nitrogens with one attached hydrogen (secondary N) is 2.